The number of carbonyl (C=O) groups is 3. The Bertz CT molecular complexity index is 629. The van der Waals surface area contributed by atoms with Crippen LogP contribution in [0, 0.1) is 0 Å². The summed E-state index contributed by atoms with van der Waals surface area (Å²) in [6.07, 6.45) is 3.83. The molecule has 1 N–H and O–H groups in total. The fourth-order valence-corrected chi connectivity index (χ4v) is 2.01. The molecule has 1 heterocycles. The third-order valence-electron chi connectivity index (χ3n) is 3.20. The quantitative estimate of drug-likeness (QED) is 0.521. The summed E-state index contributed by atoms with van der Waals surface area (Å²) in [5, 5.41) is 2.15. The number of hydrogen-bond acceptors (Lipinski definition) is 3. The molecule has 2 rings (SSSR count). The molecule has 1 aliphatic rings. The topological polar surface area (TPSA) is 66.5 Å². The average molecular weight is 284 g/mol. The van der Waals surface area contributed by atoms with E-state index < -0.39 is 17.8 Å². The molecule has 0 atom stereocenters. The number of benzene rings is 1. The highest BCUT2D eigenvalue weighted by Crippen LogP contribution is 2.15. The molecule has 5 nitrogen and oxygen atoms in total. The van der Waals surface area contributed by atoms with Crippen LogP contribution in [0.15, 0.2) is 42.5 Å². The van der Waals surface area contributed by atoms with Gasteiger partial charge in [-0.25, -0.2) is 4.79 Å². The molecule has 4 amide bonds. The van der Waals surface area contributed by atoms with Gasteiger partial charge in [0.05, 0.1) is 0 Å². The zero-order valence-corrected chi connectivity index (χ0v) is 11.8. The van der Waals surface area contributed by atoms with E-state index in [0.717, 1.165) is 16.9 Å². The van der Waals surface area contributed by atoms with Crippen LogP contribution in [-0.2, 0) is 16.0 Å². The van der Waals surface area contributed by atoms with Crippen molar-refractivity contribution in [3.05, 3.63) is 53.6 Å². The van der Waals surface area contributed by atoms with Crippen LogP contribution in [0.25, 0.3) is 6.08 Å². The summed E-state index contributed by atoms with van der Waals surface area (Å²) in [7, 11) is 0. The zero-order chi connectivity index (χ0) is 15.4. The summed E-state index contributed by atoms with van der Waals surface area (Å²) in [5.74, 6) is -1.28. The summed E-state index contributed by atoms with van der Waals surface area (Å²) in [4.78, 5) is 36.5. The van der Waals surface area contributed by atoms with Gasteiger partial charge in [0.25, 0.3) is 11.8 Å². The Labute approximate surface area is 122 Å². The maximum atomic E-state index is 12.2. The molecular formula is C16H16N2O3. The van der Waals surface area contributed by atoms with Crippen molar-refractivity contribution in [3.8, 4) is 0 Å². The highest BCUT2D eigenvalue weighted by Gasteiger charge is 2.34. The standard InChI is InChI=1S/C16H16N2O3/c1-3-9-18-15(20)13(14(19)17-16(18)21)10-12-7-5-11(4-2)6-8-12/h3,5-8,10H,1,4,9H2,2H3,(H,17,19,21)/b13-10-. The third-order valence-corrected chi connectivity index (χ3v) is 3.20. The van der Waals surface area contributed by atoms with Gasteiger partial charge in [-0.05, 0) is 23.6 Å². The van der Waals surface area contributed by atoms with Crippen LogP contribution in [0.5, 0.6) is 0 Å². The largest absolute Gasteiger partial charge is 0.331 e. The van der Waals surface area contributed by atoms with Crippen LogP contribution in [0.3, 0.4) is 0 Å². The molecule has 0 bridgehead atoms. The molecule has 108 valence electrons. The number of urea groups is 1. The van der Waals surface area contributed by atoms with Crippen LogP contribution in [-0.4, -0.2) is 29.3 Å². The van der Waals surface area contributed by atoms with Crippen LogP contribution in [0.1, 0.15) is 18.1 Å². The van der Waals surface area contributed by atoms with Crippen molar-refractivity contribution in [1.29, 1.82) is 0 Å². The predicted octanol–water partition coefficient (Wildman–Crippen LogP) is 1.90. The summed E-state index contributed by atoms with van der Waals surface area (Å²) >= 11 is 0. The van der Waals surface area contributed by atoms with Gasteiger partial charge >= 0.3 is 6.03 Å². The van der Waals surface area contributed by atoms with E-state index in [1.165, 1.54) is 17.7 Å². The smallest absolute Gasteiger partial charge is 0.273 e. The normalized spacial score (nSPS) is 17.1. The minimum atomic E-state index is -0.719. The van der Waals surface area contributed by atoms with Crippen molar-refractivity contribution >= 4 is 23.9 Å². The first-order valence-electron chi connectivity index (χ1n) is 6.65. The number of nitrogens with zero attached hydrogens (tertiary/aromatic N) is 1. The number of amides is 4. The number of hydrogen-bond donors (Lipinski definition) is 1. The van der Waals surface area contributed by atoms with Gasteiger partial charge in [-0.1, -0.05) is 37.3 Å². The Morgan fingerprint density at radius 3 is 2.43 bits per heavy atom. The Morgan fingerprint density at radius 2 is 1.86 bits per heavy atom. The Morgan fingerprint density at radius 1 is 1.19 bits per heavy atom. The number of aryl methyl sites for hydroxylation is 1. The molecule has 1 aliphatic heterocycles. The molecule has 0 unspecified atom stereocenters. The molecule has 1 aromatic carbocycles. The van der Waals surface area contributed by atoms with E-state index in [4.69, 9.17) is 0 Å². The van der Waals surface area contributed by atoms with Crippen LogP contribution in [0.4, 0.5) is 4.79 Å². The number of rotatable bonds is 4. The third kappa shape index (κ3) is 3.08. The van der Waals surface area contributed by atoms with Gasteiger partial charge < -0.3 is 0 Å². The van der Waals surface area contributed by atoms with E-state index in [2.05, 4.69) is 11.9 Å². The second-order valence-electron chi connectivity index (χ2n) is 4.62. The van der Waals surface area contributed by atoms with Crippen LogP contribution >= 0.6 is 0 Å². The second-order valence-corrected chi connectivity index (χ2v) is 4.62. The molecule has 1 fully saturated rings. The van der Waals surface area contributed by atoms with E-state index in [1.54, 1.807) is 0 Å². The maximum Gasteiger partial charge on any atom is 0.331 e. The lowest BCUT2D eigenvalue weighted by atomic mass is 10.1. The Balaban J connectivity index is 2.32. The van der Waals surface area contributed by atoms with Gasteiger partial charge in [0.2, 0.25) is 0 Å². The van der Waals surface area contributed by atoms with E-state index in [-0.39, 0.29) is 12.1 Å². The molecule has 21 heavy (non-hydrogen) atoms. The molecule has 1 aromatic rings. The highest BCUT2D eigenvalue weighted by molar-refractivity contribution is 6.31. The zero-order valence-electron chi connectivity index (χ0n) is 11.8. The van der Waals surface area contributed by atoms with Crippen molar-refractivity contribution in [2.24, 2.45) is 0 Å². The minimum Gasteiger partial charge on any atom is -0.273 e. The summed E-state index contributed by atoms with van der Waals surface area (Å²) < 4.78 is 0. The fraction of sp³-hybridized carbons (Fsp3) is 0.188. The van der Waals surface area contributed by atoms with Crippen molar-refractivity contribution in [3.63, 3.8) is 0 Å². The second kappa shape index (κ2) is 6.17. The van der Waals surface area contributed by atoms with Gasteiger partial charge in [-0.2, -0.15) is 0 Å². The van der Waals surface area contributed by atoms with Gasteiger partial charge in [0, 0.05) is 6.54 Å². The van der Waals surface area contributed by atoms with Crippen molar-refractivity contribution in [2.75, 3.05) is 6.54 Å². The number of barbiturate groups is 1. The lowest BCUT2D eigenvalue weighted by molar-refractivity contribution is -0.129. The monoisotopic (exact) mass is 284 g/mol. The molecule has 0 aromatic heterocycles. The number of imide groups is 2. The summed E-state index contributed by atoms with van der Waals surface area (Å²) in [6.45, 7) is 5.60. The van der Waals surface area contributed by atoms with Gasteiger partial charge in [-0.15, -0.1) is 6.58 Å². The Kier molecular flexibility index (Phi) is 4.33. The van der Waals surface area contributed by atoms with Crippen molar-refractivity contribution < 1.29 is 14.4 Å². The fourth-order valence-electron chi connectivity index (χ4n) is 2.01. The first-order valence-corrected chi connectivity index (χ1v) is 6.65. The van der Waals surface area contributed by atoms with Crippen LogP contribution in [0.2, 0.25) is 0 Å². The first-order chi connectivity index (χ1) is 10.1. The lowest BCUT2D eigenvalue weighted by Crippen LogP contribution is -2.54. The first kappa shape index (κ1) is 14.7. The highest BCUT2D eigenvalue weighted by atomic mass is 16.2. The molecule has 5 heteroatoms. The summed E-state index contributed by atoms with van der Waals surface area (Å²) in [5.41, 5.74) is 1.85. The minimum absolute atomic E-state index is 0.0549. The molecule has 0 aliphatic carbocycles. The van der Waals surface area contributed by atoms with Crippen molar-refractivity contribution in [1.82, 2.24) is 10.2 Å². The maximum absolute atomic E-state index is 12.2. The van der Waals surface area contributed by atoms with E-state index in [0.29, 0.717) is 0 Å². The van der Waals surface area contributed by atoms with Gasteiger partial charge in [0.1, 0.15) is 5.57 Å². The van der Waals surface area contributed by atoms with Gasteiger partial charge in [0.15, 0.2) is 0 Å². The molecule has 0 radical (unpaired) electrons. The number of nitrogens with one attached hydrogen (secondary N) is 1. The number of carbonyl (C=O) groups excluding carboxylic acids is 3. The van der Waals surface area contributed by atoms with E-state index in [9.17, 15) is 14.4 Å². The average Bonchev–Trinajstić information content (AvgIpc) is 2.48. The van der Waals surface area contributed by atoms with E-state index in [1.807, 2.05) is 31.2 Å². The van der Waals surface area contributed by atoms with Gasteiger partial charge in [-0.3, -0.25) is 19.8 Å². The van der Waals surface area contributed by atoms with Crippen LogP contribution < -0.4 is 5.32 Å². The molecular weight excluding hydrogens is 268 g/mol. The lowest BCUT2D eigenvalue weighted by Gasteiger charge is -2.25. The molecule has 0 spiro atoms. The van der Waals surface area contributed by atoms with Crippen molar-refractivity contribution in [2.45, 2.75) is 13.3 Å². The Hall–Kier alpha value is -2.69. The molecule has 1 saturated heterocycles. The summed E-state index contributed by atoms with van der Waals surface area (Å²) in [6, 6.07) is 6.82. The molecule has 0 saturated carbocycles. The van der Waals surface area contributed by atoms with E-state index >= 15 is 0 Å². The SMILES string of the molecule is C=CCN1C(=O)NC(=O)/C(=C/c2ccc(CC)cc2)C1=O. The predicted molar refractivity (Wildman–Crippen MR) is 79.2 cm³/mol.